The molecule has 0 heterocycles. The van der Waals surface area contributed by atoms with Crippen molar-refractivity contribution in [2.45, 2.75) is 45.4 Å². The van der Waals surface area contributed by atoms with Gasteiger partial charge < -0.3 is 15.2 Å². The summed E-state index contributed by atoms with van der Waals surface area (Å²) in [6.07, 6.45) is 7.72. The van der Waals surface area contributed by atoms with Gasteiger partial charge in [0.05, 0.1) is 13.0 Å². The first-order valence-electron chi connectivity index (χ1n) is 10.5. The van der Waals surface area contributed by atoms with Crippen molar-refractivity contribution in [3.05, 3.63) is 70.3 Å². The number of aryl methyl sites for hydroxylation is 3. The molecule has 0 aliphatic heterocycles. The van der Waals surface area contributed by atoms with Gasteiger partial charge in [-0.1, -0.05) is 42.0 Å². The smallest absolute Gasteiger partial charge is 0.304 e. The molecular weight excluding hydrogens is 362 g/mol. The SMILES string of the molecule is Cc1cc(OCCCCc2ccccc2)cc2c1C=C(CNCCC(=O)O)CC2. The van der Waals surface area contributed by atoms with Gasteiger partial charge in [-0.15, -0.1) is 0 Å². The van der Waals surface area contributed by atoms with Crippen molar-refractivity contribution < 1.29 is 14.6 Å². The van der Waals surface area contributed by atoms with Crippen LogP contribution in [0.5, 0.6) is 5.75 Å². The summed E-state index contributed by atoms with van der Waals surface area (Å²) in [4.78, 5) is 10.6. The number of ether oxygens (including phenoxy) is 1. The highest BCUT2D eigenvalue weighted by Gasteiger charge is 2.14. The van der Waals surface area contributed by atoms with E-state index >= 15 is 0 Å². The summed E-state index contributed by atoms with van der Waals surface area (Å²) in [7, 11) is 0. The fourth-order valence-corrected chi connectivity index (χ4v) is 3.75. The zero-order chi connectivity index (χ0) is 20.5. The highest BCUT2D eigenvalue weighted by molar-refractivity contribution is 5.67. The molecule has 0 saturated heterocycles. The topological polar surface area (TPSA) is 58.6 Å². The lowest BCUT2D eigenvalue weighted by Crippen LogP contribution is -2.21. The molecule has 0 amide bonds. The third-order valence-corrected chi connectivity index (χ3v) is 5.35. The van der Waals surface area contributed by atoms with E-state index in [1.54, 1.807) is 0 Å². The zero-order valence-electron chi connectivity index (χ0n) is 17.2. The van der Waals surface area contributed by atoms with Gasteiger partial charge in [-0.25, -0.2) is 0 Å². The normalized spacial score (nSPS) is 12.9. The number of rotatable bonds is 11. The Kier molecular flexibility index (Phi) is 7.88. The number of fused-ring (bicyclic) bond motifs is 1. The maximum Gasteiger partial charge on any atom is 0.304 e. The van der Waals surface area contributed by atoms with Crippen LogP contribution in [0.4, 0.5) is 0 Å². The summed E-state index contributed by atoms with van der Waals surface area (Å²) in [5.41, 5.74) is 6.60. The molecule has 4 nitrogen and oxygen atoms in total. The van der Waals surface area contributed by atoms with Gasteiger partial charge in [-0.3, -0.25) is 4.79 Å². The van der Waals surface area contributed by atoms with Crippen LogP contribution in [0.15, 0.2) is 48.0 Å². The van der Waals surface area contributed by atoms with Gasteiger partial charge in [0.1, 0.15) is 5.75 Å². The van der Waals surface area contributed by atoms with E-state index in [9.17, 15) is 4.79 Å². The van der Waals surface area contributed by atoms with Crippen molar-refractivity contribution in [1.82, 2.24) is 5.32 Å². The zero-order valence-corrected chi connectivity index (χ0v) is 17.2. The third kappa shape index (κ3) is 6.75. The number of carbonyl (C=O) groups is 1. The Morgan fingerprint density at radius 2 is 1.97 bits per heavy atom. The molecular formula is C25H31NO3. The Labute approximate surface area is 173 Å². The lowest BCUT2D eigenvalue weighted by Gasteiger charge is -2.20. The molecule has 2 aromatic carbocycles. The molecule has 0 bridgehead atoms. The van der Waals surface area contributed by atoms with Gasteiger partial charge in [0.15, 0.2) is 0 Å². The number of carboxylic acid groups (broad SMARTS) is 1. The molecule has 2 N–H and O–H groups in total. The Morgan fingerprint density at radius 1 is 1.14 bits per heavy atom. The van der Waals surface area contributed by atoms with Gasteiger partial charge in [0, 0.05) is 13.1 Å². The number of unbranched alkanes of at least 4 members (excludes halogenated alkanes) is 1. The van der Waals surface area contributed by atoms with Crippen molar-refractivity contribution >= 4 is 12.0 Å². The molecule has 4 heteroatoms. The Bertz CT molecular complexity index is 843. The lowest BCUT2D eigenvalue weighted by molar-refractivity contribution is -0.136. The van der Waals surface area contributed by atoms with Crippen molar-refractivity contribution in [3.63, 3.8) is 0 Å². The molecule has 0 atom stereocenters. The van der Waals surface area contributed by atoms with E-state index in [4.69, 9.17) is 9.84 Å². The van der Waals surface area contributed by atoms with Gasteiger partial charge in [0.2, 0.25) is 0 Å². The predicted octanol–water partition coefficient (Wildman–Crippen LogP) is 4.79. The van der Waals surface area contributed by atoms with E-state index in [1.165, 1.54) is 27.8 Å². The molecule has 29 heavy (non-hydrogen) atoms. The Morgan fingerprint density at radius 3 is 2.76 bits per heavy atom. The van der Waals surface area contributed by atoms with Crippen LogP contribution in [0.2, 0.25) is 0 Å². The molecule has 1 aliphatic rings. The molecule has 0 unspecified atom stereocenters. The van der Waals surface area contributed by atoms with Gasteiger partial charge in [0.25, 0.3) is 0 Å². The summed E-state index contributed by atoms with van der Waals surface area (Å²) >= 11 is 0. The second kappa shape index (κ2) is 10.8. The average molecular weight is 394 g/mol. The second-order valence-electron chi connectivity index (χ2n) is 7.73. The summed E-state index contributed by atoms with van der Waals surface area (Å²) < 4.78 is 6.03. The number of aliphatic carboxylic acids is 1. The maximum absolute atomic E-state index is 10.6. The minimum atomic E-state index is -0.760. The van der Waals surface area contributed by atoms with E-state index in [0.29, 0.717) is 6.54 Å². The molecule has 0 spiro atoms. The van der Waals surface area contributed by atoms with Crippen LogP contribution in [-0.4, -0.2) is 30.8 Å². The maximum atomic E-state index is 10.6. The predicted molar refractivity (Wildman–Crippen MR) is 117 cm³/mol. The number of carboxylic acids is 1. The van der Waals surface area contributed by atoms with Gasteiger partial charge in [-0.2, -0.15) is 0 Å². The van der Waals surface area contributed by atoms with Crippen molar-refractivity contribution in [2.75, 3.05) is 19.7 Å². The number of hydrogen-bond donors (Lipinski definition) is 2. The quantitative estimate of drug-likeness (QED) is 0.539. The van der Waals surface area contributed by atoms with E-state index in [0.717, 1.165) is 51.0 Å². The summed E-state index contributed by atoms with van der Waals surface area (Å²) in [6.45, 7) is 4.15. The standard InChI is InChI=1S/C25H31NO3/c1-19-15-23(29-14-6-5-9-20-7-3-2-4-8-20)17-22-11-10-21(16-24(19)22)18-26-13-12-25(27)28/h2-4,7-8,15-17,26H,5-6,9-14,18H2,1H3,(H,27,28). The van der Waals surface area contributed by atoms with E-state index < -0.39 is 5.97 Å². The Balaban J connectivity index is 1.47. The van der Waals surface area contributed by atoms with Crippen LogP contribution in [0.1, 0.15) is 47.9 Å². The highest BCUT2D eigenvalue weighted by atomic mass is 16.5. The van der Waals surface area contributed by atoms with Crippen molar-refractivity contribution in [3.8, 4) is 5.75 Å². The third-order valence-electron chi connectivity index (χ3n) is 5.35. The number of benzene rings is 2. The van der Waals surface area contributed by atoms with E-state index in [1.807, 2.05) is 0 Å². The first-order valence-corrected chi connectivity index (χ1v) is 10.5. The molecule has 154 valence electrons. The fourth-order valence-electron chi connectivity index (χ4n) is 3.75. The van der Waals surface area contributed by atoms with E-state index in [-0.39, 0.29) is 6.42 Å². The number of nitrogens with one attached hydrogen (secondary N) is 1. The summed E-state index contributed by atoms with van der Waals surface area (Å²) in [5.74, 6) is 0.210. The Hall–Kier alpha value is -2.59. The molecule has 0 radical (unpaired) electrons. The summed E-state index contributed by atoms with van der Waals surface area (Å²) in [5, 5.41) is 11.9. The van der Waals surface area contributed by atoms with Crippen LogP contribution in [0, 0.1) is 6.92 Å². The molecule has 2 aromatic rings. The first-order chi connectivity index (χ1) is 14.1. The van der Waals surface area contributed by atoms with E-state index in [2.05, 4.69) is 60.8 Å². The van der Waals surface area contributed by atoms with Crippen molar-refractivity contribution in [1.29, 1.82) is 0 Å². The van der Waals surface area contributed by atoms with Crippen LogP contribution in [0.3, 0.4) is 0 Å². The second-order valence-corrected chi connectivity index (χ2v) is 7.73. The molecule has 0 fully saturated rings. The lowest BCUT2D eigenvalue weighted by atomic mass is 9.89. The molecule has 1 aliphatic carbocycles. The minimum Gasteiger partial charge on any atom is -0.494 e. The van der Waals surface area contributed by atoms with Gasteiger partial charge >= 0.3 is 5.97 Å². The monoisotopic (exact) mass is 393 g/mol. The highest BCUT2D eigenvalue weighted by Crippen LogP contribution is 2.30. The van der Waals surface area contributed by atoms with Crippen molar-refractivity contribution in [2.24, 2.45) is 0 Å². The first kappa shape index (κ1) is 21.1. The van der Waals surface area contributed by atoms with Crippen LogP contribution in [0.25, 0.3) is 6.08 Å². The minimum absolute atomic E-state index is 0.162. The van der Waals surface area contributed by atoms with Crippen LogP contribution < -0.4 is 10.1 Å². The average Bonchev–Trinajstić information content (AvgIpc) is 2.72. The van der Waals surface area contributed by atoms with Crippen LogP contribution >= 0.6 is 0 Å². The molecule has 3 rings (SSSR count). The molecule has 0 aromatic heterocycles. The van der Waals surface area contributed by atoms with Gasteiger partial charge in [-0.05, 0) is 73.4 Å². The largest absolute Gasteiger partial charge is 0.494 e. The molecule has 0 saturated carbocycles. The fraction of sp³-hybridized carbons (Fsp3) is 0.400. The summed E-state index contributed by atoms with van der Waals surface area (Å²) in [6, 6.07) is 14.9. The van der Waals surface area contributed by atoms with Crippen LogP contribution in [-0.2, 0) is 17.6 Å². The number of hydrogen-bond acceptors (Lipinski definition) is 3.